The van der Waals surface area contributed by atoms with Crippen molar-refractivity contribution in [2.75, 3.05) is 26.1 Å². The van der Waals surface area contributed by atoms with E-state index in [1.165, 1.54) is 0 Å². The van der Waals surface area contributed by atoms with E-state index in [0.29, 0.717) is 46.3 Å². The number of benzene rings is 3. The maximum atomic E-state index is 12.7. The number of amides is 2. The van der Waals surface area contributed by atoms with E-state index in [2.05, 4.69) is 10.6 Å². The van der Waals surface area contributed by atoms with Crippen molar-refractivity contribution < 1.29 is 19.1 Å². The van der Waals surface area contributed by atoms with E-state index in [0.717, 1.165) is 5.56 Å². The molecular formula is C24H23ClN2O4. The summed E-state index contributed by atoms with van der Waals surface area (Å²) in [5, 5.41) is 6.00. The first-order valence-electron chi connectivity index (χ1n) is 9.67. The minimum atomic E-state index is -0.379. The fourth-order valence-corrected chi connectivity index (χ4v) is 3.30. The molecule has 3 aromatic carbocycles. The molecule has 0 unspecified atom stereocenters. The Morgan fingerprint density at radius 2 is 1.52 bits per heavy atom. The summed E-state index contributed by atoms with van der Waals surface area (Å²) in [6.07, 6.45) is 0.611. The number of methoxy groups -OCH3 is 2. The van der Waals surface area contributed by atoms with Crippen LogP contribution in [0.4, 0.5) is 5.69 Å². The van der Waals surface area contributed by atoms with Gasteiger partial charge in [0.15, 0.2) is 11.5 Å². The predicted octanol–water partition coefficient (Wildman–Crippen LogP) is 4.58. The number of hydrogen-bond acceptors (Lipinski definition) is 4. The van der Waals surface area contributed by atoms with E-state index in [-0.39, 0.29) is 11.8 Å². The third-order valence-electron chi connectivity index (χ3n) is 4.69. The van der Waals surface area contributed by atoms with Crippen LogP contribution >= 0.6 is 11.6 Å². The summed E-state index contributed by atoms with van der Waals surface area (Å²) < 4.78 is 10.5. The molecule has 2 N–H and O–H groups in total. The Hall–Kier alpha value is -3.51. The number of hydrogen-bond donors (Lipinski definition) is 2. The molecule has 0 aromatic heterocycles. The highest BCUT2D eigenvalue weighted by atomic mass is 35.5. The lowest BCUT2D eigenvalue weighted by molar-refractivity contribution is 0.0955. The maximum absolute atomic E-state index is 12.7. The van der Waals surface area contributed by atoms with Crippen LogP contribution in [-0.4, -0.2) is 32.6 Å². The summed E-state index contributed by atoms with van der Waals surface area (Å²) in [6.45, 7) is 0.418. The lowest BCUT2D eigenvalue weighted by Gasteiger charge is -2.13. The van der Waals surface area contributed by atoms with Gasteiger partial charge in [0, 0.05) is 6.54 Å². The SMILES string of the molecule is COc1ccc(CCNC(=O)c2ccccc2NC(=O)c2ccccc2Cl)cc1OC. The Morgan fingerprint density at radius 1 is 0.839 bits per heavy atom. The average Bonchev–Trinajstić information content (AvgIpc) is 2.79. The summed E-state index contributed by atoms with van der Waals surface area (Å²) >= 11 is 6.10. The molecule has 7 heteroatoms. The zero-order valence-electron chi connectivity index (χ0n) is 17.3. The van der Waals surface area contributed by atoms with Crippen LogP contribution < -0.4 is 20.1 Å². The van der Waals surface area contributed by atoms with Gasteiger partial charge in [-0.1, -0.05) is 41.9 Å². The van der Waals surface area contributed by atoms with Crippen molar-refractivity contribution in [1.82, 2.24) is 5.32 Å². The molecule has 6 nitrogen and oxygen atoms in total. The second kappa shape index (κ2) is 10.5. The molecule has 0 spiro atoms. The van der Waals surface area contributed by atoms with E-state index in [9.17, 15) is 9.59 Å². The molecule has 0 fully saturated rings. The smallest absolute Gasteiger partial charge is 0.257 e. The van der Waals surface area contributed by atoms with Gasteiger partial charge >= 0.3 is 0 Å². The highest BCUT2D eigenvalue weighted by molar-refractivity contribution is 6.34. The summed E-state index contributed by atoms with van der Waals surface area (Å²) in [7, 11) is 3.16. The van der Waals surface area contributed by atoms with Crippen LogP contribution in [0.2, 0.25) is 5.02 Å². The Bertz CT molecular complexity index is 1080. The van der Waals surface area contributed by atoms with Crippen molar-refractivity contribution in [3.8, 4) is 11.5 Å². The highest BCUT2D eigenvalue weighted by Gasteiger charge is 2.15. The van der Waals surface area contributed by atoms with Gasteiger partial charge in [0.2, 0.25) is 0 Å². The van der Waals surface area contributed by atoms with Gasteiger partial charge in [-0.3, -0.25) is 9.59 Å². The number of carbonyl (C=O) groups is 2. The van der Waals surface area contributed by atoms with Gasteiger partial charge in [-0.05, 0) is 48.4 Å². The molecule has 0 radical (unpaired) electrons. The number of anilines is 1. The third-order valence-corrected chi connectivity index (χ3v) is 5.02. The molecule has 3 rings (SSSR count). The van der Waals surface area contributed by atoms with Gasteiger partial charge < -0.3 is 20.1 Å². The van der Waals surface area contributed by atoms with Gasteiger partial charge in [0.25, 0.3) is 11.8 Å². The van der Waals surface area contributed by atoms with Gasteiger partial charge in [0.05, 0.1) is 36.1 Å². The molecule has 0 atom stereocenters. The molecule has 0 heterocycles. The van der Waals surface area contributed by atoms with Crippen molar-refractivity contribution in [1.29, 1.82) is 0 Å². The lowest BCUT2D eigenvalue weighted by Crippen LogP contribution is -2.27. The molecule has 0 aliphatic rings. The largest absolute Gasteiger partial charge is 0.493 e. The molecule has 160 valence electrons. The lowest BCUT2D eigenvalue weighted by atomic mass is 10.1. The Labute approximate surface area is 186 Å². The zero-order chi connectivity index (χ0) is 22.2. The number of rotatable bonds is 8. The molecule has 31 heavy (non-hydrogen) atoms. The number of ether oxygens (including phenoxy) is 2. The summed E-state index contributed by atoms with van der Waals surface area (Å²) in [5.41, 5.74) is 2.12. The van der Waals surface area contributed by atoms with Crippen molar-refractivity contribution in [3.05, 3.63) is 88.4 Å². The van der Waals surface area contributed by atoms with Crippen LogP contribution in [0.15, 0.2) is 66.7 Å². The van der Waals surface area contributed by atoms with E-state index >= 15 is 0 Å². The molecule has 0 saturated heterocycles. The standard InChI is InChI=1S/C24H23ClN2O4/c1-30-21-12-11-16(15-22(21)31-2)13-14-26-23(28)18-8-4-6-10-20(18)27-24(29)17-7-3-5-9-19(17)25/h3-12,15H,13-14H2,1-2H3,(H,26,28)(H,27,29). The minimum Gasteiger partial charge on any atom is -0.493 e. The van der Waals surface area contributed by atoms with Crippen LogP contribution in [0.3, 0.4) is 0 Å². The Kier molecular flexibility index (Phi) is 7.51. The molecule has 0 aliphatic carbocycles. The first-order chi connectivity index (χ1) is 15.0. The van der Waals surface area contributed by atoms with E-state index < -0.39 is 0 Å². The van der Waals surface area contributed by atoms with E-state index in [4.69, 9.17) is 21.1 Å². The van der Waals surface area contributed by atoms with E-state index in [1.54, 1.807) is 62.8 Å². The van der Waals surface area contributed by atoms with Crippen LogP contribution in [0.25, 0.3) is 0 Å². The molecule has 0 aliphatic heterocycles. The van der Waals surface area contributed by atoms with Crippen molar-refractivity contribution >= 4 is 29.1 Å². The number of carbonyl (C=O) groups excluding carboxylic acids is 2. The monoisotopic (exact) mass is 438 g/mol. The van der Waals surface area contributed by atoms with Gasteiger partial charge in [-0.15, -0.1) is 0 Å². The van der Waals surface area contributed by atoms with Crippen molar-refractivity contribution in [2.24, 2.45) is 0 Å². The fraction of sp³-hybridized carbons (Fsp3) is 0.167. The van der Waals surface area contributed by atoms with Crippen molar-refractivity contribution in [3.63, 3.8) is 0 Å². The summed E-state index contributed by atoms with van der Waals surface area (Å²) in [4.78, 5) is 25.3. The zero-order valence-corrected chi connectivity index (χ0v) is 18.0. The first kappa shape index (κ1) is 22.2. The van der Waals surface area contributed by atoms with Crippen LogP contribution in [0.1, 0.15) is 26.3 Å². The Morgan fingerprint density at radius 3 is 2.23 bits per heavy atom. The fourth-order valence-electron chi connectivity index (χ4n) is 3.08. The second-order valence-corrected chi connectivity index (χ2v) is 7.08. The third kappa shape index (κ3) is 5.55. The topological polar surface area (TPSA) is 76.7 Å². The number of halogens is 1. The van der Waals surface area contributed by atoms with E-state index in [1.807, 2.05) is 18.2 Å². The summed E-state index contributed by atoms with van der Waals surface area (Å²) in [5.74, 6) is 0.629. The molecule has 0 bridgehead atoms. The van der Waals surface area contributed by atoms with Gasteiger partial charge in [0.1, 0.15) is 0 Å². The summed E-state index contributed by atoms with van der Waals surface area (Å²) in [6, 6.07) is 19.2. The first-order valence-corrected chi connectivity index (χ1v) is 10.0. The van der Waals surface area contributed by atoms with Crippen LogP contribution in [0, 0.1) is 0 Å². The van der Waals surface area contributed by atoms with Crippen LogP contribution in [0.5, 0.6) is 11.5 Å². The quantitative estimate of drug-likeness (QED) is 0.539. The molecular weight excluding hydrogens is 416 g/mol. The highest BCUT2D eigenvalue weighted by Crippen LogP contribution is 2.27. The normalized spacial score (nSPS) is 10.3. The maximum Gasteiger partial charge on any atom is 0.257 e. The number of nitrogens with one attached hydrogen (secondary N) is 2. The van der Waals surface area contributed by atoms with Crippen LogP contribution in [-0.2, 0) is 6.42 Å². The molecule has 0 saturated carbocycles. The van der Waals surface area contributed by atoms with Gasteiger partial charge in [-0.2, -0.15) is 0 Å². The molecule has 3 aromatic rings. The van der Waals surface area contributed by atoms with Gasteiger partial charge in [-0.25, -0.2) is 0 Å². The minimum absolute atomic E-state index is 0.282. The predicted molar refractivity (Wildman–Crippen MR) is 121 cm³/mol. The van der Waals surface area contributed by atoms with Crippen molar-refractivity contribution in [2.45, 2.75) is 6.42 Å². The second-order valence-electron chi connectivity index (χ2n) is 6.67. The average molecular weight is 439 g/mol. The number of para-hydroxylation sites is 1. The molecule has 2 amide bonds. The Balaban J connectivity index is 1.65.